The molecule has 0 radical (unpaired) electrons. The first-order valence-electron chi connectivity index (χ1n) is 3.42. The Hall–Kier alpha value is -1.10. The van der Waals surface area contributed by atoms with Crippen molar-refractivity contribution < 1.29 is 9.26 Å². The van der Waals surface area contributed by atoms with Gasteiger partial charge in [0.25, 0.3) is 0 Å². The van der Waals surface area contributed by atoms with Crippen molar-refractivity contribution in [2.45, 2.75) is 18.4 Å². The Morgan fingerprint density at radius 3 is 2.82 bits per heavy atom. The Kier molecular flexibility index (Phi) is 1.17. The largest absolute Gasteiger partial charge is 0.452 e. The molecule has 0 amide bonds. The van der Waals surface area contributed by atoms with Crippen LogP contribution in [0.5, 0.6) is 6.08 Å². The third-order valence-electron chi connectivity index (χ3n) is 1.82. The zero-order valence-corrected chi connectivity index (χ0v) is 6.20. The van der Waals surface area contributed by atoms with Gasteiger partial charge in [0, 0.05) is 0 Å². The molecule has 5 nitrogen and oxygen atoms in total. The van der Waals surface area contributed by atoms with Crippen LogP contribution in [0.1, 0.15) is 18.7 Å². The fraction of sp³-hybridized carbons (Fsp3) is 0.667. The monoisotopic (exact) mass is 155 g/mol. The summed E-state index contributed by atoms with van der Waals surface area (Å²) in [5.74, 6) is 0.550. The van der Waals surface area contributed by atoms with Gasteiger partial charge in [0.05, 0.1) is 12.6 Å². The molecule has 60 valence electrons. The second kappa shape index (κ2) is 1.94. The molecule has 0 atom stereocenters. The van der Waals surface area contributed by atoms with E-state index in [1.807, 2.05) is 0 Å². The number of aromatic nitrogens is 2. The molecule has 0 bridgehead atoms. The van der Waals surface area contributed by atoms with Crippen molar-refractivity contribution in [3.8, 4) is 6.08 Å². The molecule has 1 saturated carbocycles. The maximum absolute atomic E-state index is 5.80. The first-order valence-corrected chi connectivity index (χ1v) is 3.42. The molecule has 1 aromatic rings. The topological polar surface area (TPSA) is 74.2 Å². The minimum Gasteiger partial charge on any atom is -0.452 e. The lowest BCUT2D eigenvalue weighted by Gasteiger charge is -1.97. The fourth-order valence-corrected chi connectivity index (χ4v) is 0.853. The van der Waals surface area contributed by atoms with Crippen LogP contribution in [0.15, 0.2) is 4.52 Å². The van der Waals surface area contributed by atoms with E-state index in [-0.39, 0.29) is 11.6 Å². The lowest BCUT2D eigenvalue weighted by atomic mass is 10.3. The van der Waals surface area contributed by atoms with Crippen molar-refractivity contribution in [1.82, 2.24) is 10.1 Å². The van der Waals surface area contributed by atoms with Crippen LogP contribution in [0.2, 0.25) is 0 Å². The zero-order valence-electron chi connectivity index (χ0n) is 6.20. The highest BCUT2D eigenvalue weighted by Crippen LogP contribution is 2.41. The number of rotatable bonds is 2. The molecule has 11 heavy (non-hydrogen) atoms. The standard InChI is InChI=1S/C6H9N3O2/c1-10-5-8-4(9-11-5)6(7)2-3-6/h2-3,7H2,1H3. The molecule has 0 aliphatic heterocycles. The van der Waals surface area contributed by atoms with Crippen molar-refractivity contribution in [2.75, 3.05) is 7.11 Å². The van der Waals surface area contributed by atoms with E-state index in [0.29, 0.717) is 5.82 Å². The number of nitrogens with zero attached hydrogens (tertiary/aromatic N) is 2. The first-order chi connectivity index (χ1) is 5.24. The lowest BCUT2D eigenvalue weighted by Crippen LogP contribution is -2.20. The number of ether oxygens (including phenoxy) is 1. The minimum absolute atomic E-state index is 0.178. The molecule has 0 spiro atoms. The van der Waals surface area contributed by atoms with E-state index >= 15 is 0 Å². The van der Waals surface area contributed by atoms with Crippen molar-refractivity contribution in [3.63, 3.8) is 0 Å². The van der Waals surface area contributed by atoms with E-state index in [1.165, 1.54) is 7.11 Å². The number of hydrogen-bond acceptors (Lipinski definition) is 5. The van der Waals surface area contributed by atoms with Gasteiger partial charge in [0.1, 0.15) is 0 Å². The quantitative estimate of drug-likeness (QED) is 0.652. The van der Waals surface area contributed by atoms with E-state index in [1.54, 1.807) is 0 Å². The van der Waals surface area contributed by atoms with Crippen LogP contribution in [0, 0.1) is 0 Å². The molecule has 5 heteroatoms. The van der Waals surface area contributed by atoms with Crippen LogP contribution < -0.4 is 10.5 Å². The van der Waals surface area contributed by atoms with Gasteiger partial charge in [0.15, 0.2) is 5.82 Å². The third kappa shape index (κ3) is 0.970. The highest BCUT2D eigenvalue weighted by Gasteiger charge is 2.44. The summed E-state index contributed by atoms with van der Waals surface area (Å²) in [5.41, 5.74) is 5.46. The van der Waals surface area contributed by atoms with E-state index in [4.69, 9.17) is 15.0 Å². The molecular formula is C6H9N3O2. The SMILES string of the molecule is COc1nc(C2(N)CC2)no1. The predicted molar refractivity (Wildman–Crippen MR) is 35.9 cm³/mol. The van der Waals surface area contributed by atoms with Gasteiger partial charge >= 0.3 is 6.08 Å². The second-order valence-corrected chi connectivity index (χ2v) is 2.74. The highest BCUT2D eigenvalue weighted by atomic mass is 16.6. The van der Waals surface area contributed by atoms with E-state index < -0.39 is 0 Å². The molecule has 0 saturated heterocycles. The molecule has 1 aliphatic carbocycles. The van der Waals surface area contributed by atoms with Gasteiger partial charge in [-0.25, -0.2) is 0 Å². The second-order valence-electron chi connectivity index (χ2n) is 2.74. The summed E-state index contributed by atoms with van der Waals surface area (Å²) in [5, 5.41) is 3.68. The van der Waals surface area contributed by atoms with E-state index in [2.05, 4.69) is 10.1 Å². The summed E-state index contributed by atoms with van der Waals surface area (Å²) in [6.07, 6.45) is 2.03. The Morgan fingerprint density at radius 1 is 1.64 bits per heavy atom. The van der Waals surface area contributed by atoms with Crippen LogP contribution in [0.4, 0.5) is 0 Å². The molecule has 1 aromatic heterocycles. The summed E-state index contributed by atoms with van der Waals surface area (Å²) in [4.78, 5) is 3.94. The number of nitrogens with two attached hydrogens (primary N) is 1. The van der Waals surface area contributed by atoms with Crippen LogP contribution in [0.3, 0.4) is 0 Å². The summed E-state index contributed by atoms with van der Waals surface area (Å²) in [6, 6.07) is 0. The molecule has 1 heterocycles. The van der Waals surface area contributed by atoms with Crippen molar-refractivity contribution in [3.05, 3.63) is 5.82 Å². The first kappa shape index (κ1) is 6.60. The molecule has 0 unspecified atom stereocenters. The Morgan fingerprint density at radius 2 is 2.36 bits per heavy atom. The van der Waals surface area contributed by atoms with Crippen molar-refractivity contribution in [2.24, 2.45) is 5.73 Å². The summed E-state index contributed by atoms with van der Waals surface area (Å²) >= 11 is 0. The molecule has 0 aromatic carbocycles. The number of hydrogen-bond donors (Lipinski definition) is 1. The van der Waals surface area contributed by atoms with Gasteiger partial charge < -0.3 is 10.5 Å². The summed E-state index contributed by atoms with van der Waals surface area (Å²) in [6.45, 7) is 0. The number of methoxy groups -OCH3 is 1. The van der Waals surface area contributed by atoms with Gasteiger partial charge in [0.2, 0.25) is 0 Å². The van der Waals surface area contributed by atoms with Crippen LogP contribution >= 0.6 is 0 Å². The molecule has 2 rings (SSSR count). The fourth-order valence-electron chi connectivity index (χ4n) is 0.853. The summed E-state index contributed by atoms with van der Waals surface area (Å²) < 4.78 is 9.44. The average Bonchev–Trinajstić information content (AvgIpc) is 2.61. The van der Waals surface area contributed by atoms with Gasteiger partial charge in [-0.15, -0.1) is 0 Å². The third-order valence-corrected chi connectivity index (χ3v) is 1.82. The van der Waals surface area contributed by atoms with Gasteiger partial charge in [-0.05, 0) is 12.8 Å². The maximum atomic E-state index is 5.80. The minimum atomic E-state index is -0.333. The van der Waals surface area contributed by atoms with E-state index in [9.17, 15) is 0 Å². The van der Waals surface area contributed by atoms with Crippen molar-refractivity contribution >= 4 is 0 Å². The van der Waals surface area contributed by atoms with Gasteiger partial charge in [-0.2, -0.15) is 4.98 Å². The van der Waals surface area contributed by atoms with E-state index in [0.717, 1.165) is 12.8 Å². The molecule has 1 fully saturated rings. The van der Waals surface area contributed by atoms with Crippen LogP contribution in [-0.2, 0) is 5.54 Å². The maximum Gasteiger partial charge on any atom is 0.417 e. The predicted octanol–water partition coefficient (Wildman–Crippen LogP) is 0.0260. The molecule has 2 N–H and O–H groups in total. The van der Waals surface area contributed by atoms with Crippen LogP contribution in [-0.4, -0.2) is 17.3 Å². The van der Waals surface area contributed by atoms with Gasteiger partial charge in [-0.1, -0.05) is 5.16 Å². The lowest BCUT2D eigenvalue weighted by molar-refractivity contribution is 0.249. The van der Waals surface area contributed by atoms with Crippen LogP contribution in [0.25, 0.3) is 0 Å². The Bertz CT molecular complexity index is 267. The Balaban J connectivity index is 2.25. The van der Waals surface area contributed by atoms with Crippen molar-refractivity contribution in [1.29, 1.82) is 0 Å². The Labute approximate surface area is 63.5 Å². The highest BCUT2D eigenvalue weighted by molar-refractivity contribution is 5.13. The zero-order chi connectivity index (χ0) is 7.90. The molecular weight excluding hydrogens is 146 g/mol. The molecule has 1 aliphatic rings. The summed E-state index contributed by atoms with van der Waals surface area (Å²) in [7, 11) is 1.48. The average molecular weight is 155 g/mol. The smallest absolute Gasteiger partial charge is 0.417 e. The normalized spacial score (nSPS) is 19.8. The van der Waals surface area contributed by atoms with Gasteiger partial charge in [-0.3, -0.25) is 4.52 Å².